The van der Waals surface area contributed by atoms with Crippen molar-refractivity contribution in [3.8, 4) is 11.1 Å². The fourth-order valence-electron chi connectivity index (χ4n) is 1.41. The molecule has 0 saturated heterocycles. The minimum Gasteiger partial charge on any atom is -0.251 e. The van der Waals surface area contributed by atoms with Crippen LogP contribution in [0, 0.1) is 0 Å². The largest absolute Gasteiger partial charge is 0.251 e. The molecule has 1 aromatic heterocycles. The summed E-state index contributed by atoms with van der Waals surface area (Å²) in [5, 5.41) is 1.00. The summed E-state index contributed by atoms with van der Waals surface area (Å²) in [7, 11) is -3.39. The predicted molar refractivity (Wildman–Crippen MR) is 76.0 cm³/mol. The molecule has 0 aliphatic carbocycles. The Morgan fingerprint density at radius 3 is 2.32 bits per heavy atom. The maximum atomic E-state index is 11.0. The fraction of sp³-hybridized carbons (Fsp3) is 0.0909. The molecular weight excluding hydrogens is 309 g/mol. The van der Waals surface area contributed by atoms with Crippen molar-refractivity contribution in [3.63, 3.8) is 0 Å². The van der Waals surface area contributed by atoms with Crippen LogP contribution in [0.3, 0.4) is 0 Å². The van der Waals surface area contributed by atoms with Crippen molar-refractivity contribution >= 4 is 39.2 Å². The zero-order chi connectivity index (χ0) is 14.0. The molecule has 8 heteroatoms. The number of nitrogens with zero attached hydrogens (tertiary/aromatic N) is 2. The lowest BCUT2D eigenvalue weighted by atomic mass is 10.1. The Labute approximate surface area is 120 Å². The molecule has 0 spiro atoms. The maximum absolute atomic E-state index is 11.0. The lowest BCUT2D eigenvalue weighted by Gasteiger charge is -2.06. The Balaban J connectivity index is 2.32. The number of benzene rings is 1. The normalized spacial score (nSPS) is 11.3. The SMILES string of the molecule is CS(=O)(=O)Nc1ncc(-c2ccc(Cl)cc2Cl)cn1. The van der Waals surface area contributed by atoms with Gasteiger partial charge in [-0.2, -0.15) is 0 Å². The van der Waals surface area contributed by atoms with Crippen molar-refractivity contribution in [1.29, 1.82) is 0 Å². The molecule has 1 aromatic carbocycles. The maximum Gasteiger partial charge on any atom is 0.236 e. The summed E-state index contributed by atoms with van der Waals surface area (Å²) in [5.74, 6) is 0.0105. The topological polar surface area (TPSA) is 72.0 Å². The summed E-state index contributed by atoms with van der Waals surface area (Å²) in [6, 6.07) is 5.06. The highest BCUT2D eigenvalue weighted by atomic mass is 35.5. The molecule has 0 aliphatic heterocycles. The third-order valence-electron chi connectivity index (χ3n) is 2.17. The number of hydrogen-bond acceptors (Lipinski definition) is 4. The predicted octanol–water partition coefficient (Wildman–Crippen LogP) is 2.82. The van der Waals surface area contributed by atoms with Crippen LogP contribution in [0.5, 0.6) is 0 Å². The van der Waals surface area contributed by atoms with Crippen LogP contribution in [0.1, 0.15) is 0 Å². The standard InChI is InChI=1S/C11H9Cl2N3O2S/c1-19(17,18)16-11-14-5-7(6-15-11)9-3-2-8(12)4-10(9)13/h2-6H,1H3,(H,14,15,16). The van der Waals surface area contributed by atoms with E-state index in [1.807, 2.05) is 0 Å². The van der Waals surface area contributed by atoms with Crippen molar-refractivity contribution in [1.82, 2.24) is 9.97 Å². The number of halogens is 2. The van der Waals surface area contributed by atoms with Gasteiger partial charge in [0.1, 0.15) is 0 Å². The van der Waals surface area contributed by atoms with Gasteiger partial charge in [0, 0.05) is 33.6 Å². The van der Waals surface area contributed by atoms with E-state index in [0.717, 1.165) is 11.8 Å². The smallest absolute Gasteiger partial charge is 0.236 e. The first-order valence-electron chi connectivity index (χ1n) is 5.10. The van der Waals surface area contributed by atoms with Gasteiger partial charge in [0.15, 0.2) is 0 Å². The van der Waals surface area contributed by atoms with E-state index in [0.29, 0.717) is 15.6 Å². The van der Waals surface area contributed by atoms with Gasteiger partial charge in [0.25, 0.3) is 0 Å². The van der Waals surface area contributed by atoms with Crippen LogP contribution in [-0.4, -0.2) is 24.6 Å². The molecule has 0 bridgehead atoms. The van der Waals surface area contributed by atoms with Gasteiger partial charge in [-0.25, -0.2) is 18.4 Å². The quantitative estimate of drug-likeness (QED) is 0.944. The Morgan fingerprint density at radius 1 is 1.16 bits per heavy atom. The van der Waals surface area contributed by atoms with E-state index < -0.39 is 10.0 Å². The number of rotatable bonds is 3. The summed E-state index contributed by atoms with van der Waals surface area (Å²) in [6.07, 6.45) is 3.99. The molecule has 19 heavy (non-hydrogen) atoms. The Kier molecular flexibility index (Phi) is 3.93. The van der Waals surface area contributed by atoms with Crippen molar-refractivity contribution < 1.29 is 8.42 Å². The molecule has 0 radical (unpaired) electrons. The first-order chi connectivity index (χ1) is 8.85. The monoisotopic (exact) mass is 317 g/mol. The first kappa shape index (κ1) is 14.0. The number of nitrogens with one attached hydrogen (secondary N) is 1. The van der Waals surface area contributed by atoms with Crippen molar-refractivity contribution in [2.75, 3.05) is 11.0 Å². The zero-order valence-corrected chi connectivity index (χ0v) is 12.1. The van der Waals surface area contributed by atoms with Crippen molar-refractivity contribution in [2.45, 2.75) is 0 Å². The van der Waals surface area contributed by atoms with E-state index in [2.05, 4.69) is 14.7 Å². The van der Waals surface area contributed by atoms with Gasteiger partial charge in [-0.15, -0.1) is 0 Å². The molecule has 100 valence electrons. The molecule has 0 fully saturated rings. The number of anilines is 1. The highest BCUT2D eigenvalue weighted by molar-refractivity contribution is 7.91. The van der Waals surface area contributed by atoms with E-state index in [9.17, 15) is 8.42 Å². The average molecular weight is 318 g/mol. The van der Waals surface area contributed by atoms with Gasteiger partial charge >= 0.3 is 0 Å². The molecule has 2 aromatic rings. The molecule has 2 rings (SSSR count). The van der Waals surface area contributed by atoms with Crippen LogP contribution in [-0.2, 0) is 10.0 Å². The molecule has 1 heterocycles. The number of aromatic nitrogens is 2. The summed E-state index contributed by atoms with van der Waals surface area (Å²) in [4.78, 5) is 7.82. The third kappa shape index (κ3) is 3.79. The van der Waals surface area contributed by atoms with Crippen LogP contribution < -0.4 is 4.72 Å². The number of sulfonamides is 1. The average Bonchev–Trinajstić information content (AvgIpc) is 2.28. The molecule has 0 unspecified atom stereocenters. The summed E-state index contributed by atoms with van der Waals surface area (Å²) in [6.45, 7) is 0. The van der Waals surface area contributed by atoms with Crippen LogP contribution in [0.2, 0.25) is 10.0 Å². The number of hydrogen-bond donors (Lipinski definition) is 1. The van der Waals surface area contributed by atoms with E-state index in [4.69, 9.17) is 23.2 Å². The minimum absolute atomic E-state index is 0.0105. The minimum atomic E-state index is -3.39. The lowest BCUT2D eigenvalue weighted by molar-refractivity contribution is 0.606. The molecule has 5 nitrogen and oxygen atoms in total. The molecule has 0 aliphatic rings. The van der Waals surface area contributed by atoms with E-state index in [1.165, 1.54) is 12.4 Å². The molecular formula is C11H9Cl2N3O2S. The second-order valence-electron chi connectivity index (χ2n) is 3.79. The summed E-state index contributed by atoms with van der Waals surface area (Å²) < 4.78 is 24.2. The van der Waals surface area contributed by atoms with Gasteiger partial charge < -0.3 is 0 Å². The van der Waals surface area contributed by atoms with Crippen LogP contribution in [0.15, 0.2) is 30.6 Å². The zero-order valence-electron chi connectivity index (χ0n) is 9.76. The van der Waals surface area contributed by atoms with Crippen LogP contribution in [0.4, 0.5) is 5.95 Å². The molecule has 0 amide bonds. The van der Waals surface area contributed by atoms with Crippen molar-refractivity contribution in [2.24, 2.45) is 0 Å². The highest BCUT2D eigenvalue weighted by Gasteiger charge is 2.07. The second-order valence-corrected chi connectivity index (χ2v) is 6.39. The van der Waals surface area contributed by atoms with E-state index in [-0.39, 0.29) is 5.95 Å². The summed E-state index contributed by atoms with van der Waals surface area (Å²) in [5.41, 5.74) is 1.39. The van der Waals surface area contributed by atoms with Crippen molar-refractivity contribution in [3.05, 3.63) is 40.6 Å². The van der Waals surface area contributed by atoms with Gasteiger partial charge in [-0.1, -0.05) is 29.3 Å². The van der Waals surface area contributed by atoms with Crippen LogP contribution in [0.25, 0.3) is 11.1 Å². The highest BCUT2D eigenvalue weighted by Crippen LogP contribution is 2.29. The fourth-order valence-corrected chi connectivity index (χ4v) is 2.36. The Bertz CT molecular complexity index is 702. The summed E-state index contributed by atoms with van der Waals surface area (Å²) >= 11 is 11.9. The Morgan fingerprint density at radius 2 is 1.79 bits per heavy atom. The Hall–Kier alpha value is -1.37. The van der Waals surface area contributed by atoms with Crippen LogP contribution >= 0.6 is 23.2 Å². The molecule has 0 saturated carbocycles. The van der Waals surface area contributed by atoms with E-state index >= 15 is 0 Å². The first-order valence-corrected chi connectivity index (χ1v) is 7.75. The molecule has 0 atom stereocenters. The lowest BCUT2D eigenvalue weighted by Crippen LogP contribution is -2.12. The molecule has 1 N–H and O–H groups in total. The second kappa shape index (κ2) is 5.32. The van der Waals surface area contributed by atoms with E-state index in [1.54, 1.807) is 18.2 Å². The third-order valence-corrected chi connectivity index (χ3v) is 3.27. The van der Waals surface area contributed by atoms with Gasteiger partial charge in [-0.05, 0) is 12.1 Å². The van der Waals surface area contributed by atoms with Gasteiger partial charge in [-0.3, -0.25) is 4.72 Å². The van der Waals surface area contributed by atoms with Gasteiger partial charge in [0.2, 0.25) is 16.0 Å². The van der Waals surface area contributed by atoms with Gasteiger partial charge in [0.05, 0.1) is 6.26 Å².